The van der Waals surface area contributed by atoms with Crippen molar-refractivity contribution in [1.82, 2.24) is 4.98 Å². The third-order valence-electron chi connectivity index (χ3n) is 4.67. The fourth-order valence-corrected chi connectivity index (χ4v) is 3.08. The minimum atomic E-state index is -0.842. The maximum Gasteiger partial charge on any atom is 0.355 e. The molecule has 0 atom stereocenters. The van der Waals surface area contributed by atoms with Crippen molar-refractivity contribution in [3.63, 3.8) is 0 Å². The number of aromatic nitrogens is 1. The Morgan fingerprint density at radius 3 is 1.88 bits per heavy atom. The number of benzene rings is 1. The molecule has 2 rings (SSSR count). The van der Waals surface area contributed by atoms with Gasteiger partial charge in [0.2, 0.25) is 0 Å². The molecule has 0 saturated heterocycles. The minimum Gasteiger partial charge on any atom is -0.465 e. The predicted octanol–water partition coefficient (Wildman–Crippen LogP) is 2.04. The van der Waals surface area contributed by atoms with E-state index >= 15 is 0 Å². The van der Waals surface area contributed by atoms with Gasteiger partial charge < -0.3 is 29.2 Å². The van der Waals surface area contributed by atoms with Crippen molar-refractivity contribution in [2.45, 2.75) is 20.3 Å². The van der Waals surface area contributed by atoms with E-state index in [2.05, 4.69) is 19.8 Å². The molecule has 0 saturated carbocycles. The van der Waals surface area contributed by atoms with E-state index in [1.54, 1.807) is 13.8 Å². The summed E-state index contributed by atoms with van der Waals surface area (Å²) in [6.07, 6.45) is 0.443. The van der Waals surface area contributed by atoms with Gasteiger partial charge in [0.15, 0.2) is 6.61 Å². The summed E-state index contributed by atoms with van der Waals surface area (Å²) in [5, 5.41) is 2.44. The summed E-state index contributed by atoms with van der Waals surface area (Å²) >= 11 is 0. The zero-order chi connectivity index (χ0) is 24.7. The van der Waals surface area contributed by atoms with Gasteiger partial charge in [-0.05, 0) is 37.1 Å². The summed E-state index contributed by atoms with van der Waals surface area (Å²) in [5.41, 5.74) is 1.24. The smallest absolute Gasteiger partial charge is 0.355 e. The molecule has 11 nitrogen and oxygen atoms in total. The Balaban J connectivity index is 2.15. The van der Waals surface area contributed by atoms with Crippen LogP contribution in [-0.2, 0) is 30.2 Å². The quantitative estimate of drug-likeness (QED) is 0.445. The lowest BCUT2D eigenvalue weighted by Crippen LogP contribution is -2.22. The number of methoxy groups -OCH3 is 3. The fraction of sp³-hybridized carbons (Fsp3) is 0.318. The van der Waals surface area contributed by atoms with Gasteiger partial charge in [-0.3, -0.25) is 4.79 Å². The number of aryl methyl sites for hydroxylation is 1. The van der Waals surface area contributed by atoms with Crippen molar-refractivity contribution in [1.29, 1.82) is 0 Å². The van der Waals surface area contributed by atoms with E-state index in [0.29, 0.717) is 17.7 Å². The maximum absolute atomic E-state index is 12.5. The molecule has 0 aliphatic rings. The van der Waals surface area contributed by atoms with Gasteiger partial charge in [-0.25, -0.2) is 19.2 Å². The first-order valence-corrected chi connectivity index (χ1v) is 9.75. The third kappa shape index (κ3) is 5.76. The lowest BCUT2D eigenvalue weighted by Gasteiger charge is -2.10. The van der Waals surface area contributed by atoms with E-state index in [4.69, 9.17) is 9.47 Å². The van der Waals surface area contributed by atoms with E-state index in [-0.39, 0.29) is 28.1 Å². The number of amides is 1. The number of hydrogen-bond donors (Lipinski definition) is 2. The molecule has 0 radical (unpaired) electrons. The first-order chi connectivity index (χ1) is 15.7. The van der Waals surface area contributed by atoms with E-state index in [9.17, 15) is 24.0 Å². The second-order valence-electron chi connectivity index (χ2n) is 6.73. The molecule has 0 aliphatic carbocycles. The Labute approximate surface area is 189 Å². The number of H-pyrrole nitrogens is 1. The Morgan fingerprint density at radius 1 is 0.848 bits per heavy atom. The van der Waals surface area contributed by atoms with Gasteiger partial charge >= 0.3 is 23.9 Å². The van der Waals surface area contributed by atoms with Crippen LogP contribution in [0.5, 0.6) is 0 Å². The number of aromatic amines is 1. The van der Waals surface area contributed by atoms with Crippen LogP contribution < -0.4 is 5.32 Å². The Morgan fingerprint density at radius 2 is 1.39 bits per heavy atom. The van der Waals surface area contributed by atoms with Crippen LogP contribution in [0.15, 0.2) is 18.2 Å². The summed E-state index contributed by atoms with van der Waals surface area (Å²) in [6, 6.07) is 3.85. The Kier molecular flexibility index (Phi) is 8.32. The van der Waals surface area contributed by atoms with Crippen molar-refractivity contribution in [2.24, 2.45) is 0 Å². The van der Waals surface area contributed by atoms with Crippen molar-refractivity contribution in [3.05, 3.63) is 51.8 Å². The standard InChI is InChI=1S/C22H24N2O9/c1-6-15-17(21(28)32-5)11(2)18(24-15)22(29)33-10-16(25)23-14-8-12(19(26)30-3)7-13(9-14)20(27)31-4/h7-9,24H,6,10H2,1-5H3,(H,23,25). The van der Waals surface area contributed by atoms with Gasteiger partial charge in [-0.15, -0.1) is 0 Å². The highest BCUT2D eigenvalue weighted by Gasteiger charge is 2.25. The van der Waals surface area contributed by atoms with E-state index in [0.717, 1.165) is 0 Å². The minimum absolute atomic E-state index is 0.0112. The van der Waals surface area contributed by atoms with E-state index in [1.165, 1.54) is 39.5 Å². The third-order valence-corrected chi connectivity index (χ3v) is 4.67. The lowest BCUT2D eigenvalue weighted by atomic mass is 10.1. The highest BCUT2D eigenvalue weighted by Crippen LogP contribution is 2.21. The fourth-order valence-electron chi connectivity index (χ4n) is 3.08. The topological polar surface area (TPSA) is 150 Å². The summed E-state index contributed by atoms with van der Waals surface area (Å²) in [6.45, 7) is 2.69. The number of carbonyl (C=O) groups excluding carboxylic acids is 5. The molecule has 0 aliphatic heterocycles. The molecule has 0 bridgehead atoms. The van der Waals surface area contributed by atoms with E-state index < -0.39 is 36.4 Å². The van der Waals surface area contributed by atoms with Crippen molar-refractivity contribution in [2.75, 3.05) is 33.3 Å². The monoisotopic (exact) mass is 460 g/mol. The molecule has 0 spiro atoms. The molecular weight excluding hydrogens is 436 g/mol. The molecule has 11 heteroatoms. The molecule has 1 aromatic carbocycles. The predicted molar refractivity (Wildman–Crippen MR) is 114 cm³/mol. The SMILES string of the molecule is CCc1[nH]c(C(=O)OCC(=O)Nc2cc(C(=O)OC)cc(C(=O)OC)c2)c(C)c1C(=O)OC. The van der Waals surface area contributed by atoms with Crippen molar-refractivity contribution < 1.29 is 42.9 Å². The molecule has 2 N–H and O–H groups in total. The summed E-state index contributed by atoms with van der Waals surface area (Å²) in [7, 11) is 3.57. The first-order valence-electron chi connectivity index (χ1n) is 9.75. The van der Waals surface area contributed by atoms with Gasteiger partial charge in [0, 0.05) is 11.4 Å². The summed E-state index contributed by atoms with van der Waals surface area (Å²) in [5.74, 6) is -3.61. The van der Waals surface area contributed by atoms with Crippen LogP contribution in [0, 0.1) is 6.92 Å². The van der Waals surface area contributed by atoms with Gasteiger partial charge in [-0.2, -0.15) is 0 Å². The average Bonchev–Trinajstić information content (AvgIpc) is 3.16. The molecule has 2 aromatic rings. The van der Waals surface area contributed by atoms with Crippen LogP contribution in [-0.4, -0.2) is 62.7 Å². The number of esters is 4. The zero-order valence-corrected chi connectivity index (χ0v) is 18.8. The van der Waals surface area contributed by atoms with Gasteiger partial charge in [0.25, 0.3) is 5.91 Å². The number of anilines is 1. The second-order valence-corrected chi connectivity index (χ2v) is 6.73. The number of rotatable bonds is 8. The summed E-state index contributed by atoms with van der Waals surface area (Å²) < 4.78 is 19.1. The number of ether oxygens (including phenoxy) is 4. The average molecular weight is 460 g/mol. The van der Waals surface area contributed by atoms with E-state index in [1.807, 2.05) is 0 Å². The highest BCUT2D eigenvalue weighted by molar-refractivity contribution is 6.01. The highest BCUT2D eigenvalue weighted by atomic mass is 16.5. The molecule has 0 fully saturated rings. The first kappa shape index (κ1) is 25.1. The molecular formula is C22H24N2O9. The maximum atomic E-state index is 12.5. The molecule has 0 unspecified atom stereocenters. The Hall–Kier alpha value is -4.15. The normalized spacial score (nSPS) is 10.2. The van der Waals surface area contributed by atoms with Crippen molar-refractivity contribution >= 4 is 35.5 Å². The van der Waals surface area contributed by atoms with Crippen LogP contribution in [0.1, 0.15) is 59.7 Å². The molecule has 1 amide bonds. The Bertz CT molecular complexity index is 1070. The van der Waals surface area contributed by atoms with Crippen LogP contribution in [0.25, 0.3) is 0 Å². The molecule has 1 aromatic heterocycles. The van der Waals surface area contributed by atoms with Crippen LogP contribution in [0.3, 0.4) is 0 Å². The number of hydrogen-bond acceptors (Lipinski definition) is 9. The zero-order valence-electron chi connectivity index (χ0n) is 18.8. The largest absolute Gasteiger partial charge is 0.465 e. The summed E-state index contributed by atoms with van der Waals surface area (Å²) in [4.78, 5) is 63.3. The number of nitrogens with one attached hydrogen (secondary N) is 2. The molecule has 176 valence electrons. The van der Waals surface area contributed by atoms with Crippen LogP contribution in [0.4, 0.5) is 5.69 Å². The van der Waals surface area contributed by atoms with Gasteiger partial charge in [-0.1, -0.05) is 6.92 Å². The van der Waals surface area contributed by atoms with Crippen molar-refractivity contribution in [3.8, 4) is 0 Å². The molecule has 33 heavy (non-hydrogen) atoms. The molecule has 1 heterocycles. The number of carbonyl (C=O) groups is 5. The van der Waals surface area contributed by atoms with Crippen LogP contribution in [0.2, 0.25) is 0 Å². The van der Waals surface area contributed by atoms with Crippen LogP contribution >= 0.6 is 0 Å². The lowest BCUT2D eigenvalue weighted by molar-refractivity contribution is -0.119. The van der Waals surface area contributed by atoms with Gasteiger partial charge in [0.1, 0.15) is 5.69 Å². The van der Waals surface area contributed by atoms with Gasteiger partial charge in [0.05, 0.1) is 38.0 Å². The second kappa shape index (κ2) is 10.9.